The van der Waals surface area contributed by atoms with Crippen molar-refractivity contribution >= 4 is 17.0 Å². The highest BCUT2D eigenvalue weighted by Crippen LogP contribution is 2.45. The Labute approximate surface area is 306 Å². The molecule has 0 unspecified atom stereocenters. The smallest absolute Gasteiger partial charge is 0.354 e. The Hall–Kier alpha value is -4.85. The molecule has 1 N–H and O–H groups in total. The number of fused-ring (bicyclic) bond motifs is 1. The number of hydrogen-bond acceptors (Lipinski definition) is 1. The molecule has 0 amide bonds. The Kier molecular flexibility index (Phi) is 9.77. The van der Waals surface area contributed by atoms with E-state index in [2.05, 4.69) is 62.2 Å². The fourth-order valence-electron chi connectivity index (χ4n) is 7.65. The van der Waals surface area contributed by atoms with Crippen LogP contribution in [0.5, 0.6) is 0 Å². The number of alkyl halides is 6. The summed E-state index contributed by atoms with van der Waals surface area (Å²) in [5, 5.41) is 0. The van der Waals surface area contributed by atoms with Gasteiger partial charge in [-0.25, -0.2) is 4.99 Å². The van der Waals surface area contributed by atoms with Gasteiger partial charge >= 0.3 is 12.4 Å². The van der Waals surface area contributed by atoms with Gasteiger partial charge in [0.15, 0.2) is 0 Å². The van der Waals surface area contributed by atoms with Gasteiger partial charge in [-0.1, -0.05) is 126 Å². The van der Waals surface area contributed by atoms with Gasteiger partial charge in [0.05, 0.1) is 28.2 Å². The molecule has 1 fully saturated rings. The predicted octanol–water partition coefficient (Wildman–Crippen LogP) is 13.8. The zero-order chi connectivity index (χ0) is 37.5. The van der Waals surface area contributed by atoms with Gasteiger partial charge in [0, 0.05) is 33.5 Å². The molecule has 2 aliphatic rings. The Morgan fingerprint density at radius 2 is 1.15 bits per heavy atom. The molecule has 0 atom stereocenters. The standard InChI is InChI=1S/C45H42F6N2/c1-43(2,3)32-20-18-31(19-21-32)40-35-11-7-8-12-36(35)41(53-40)37(26-13-28-9-5-4-6-10-28)42-38(29-14-22-33(23-15-29)44(46,47)48)27-39(52-42)30-16-24-34(25-17-30)45(49,50)51/h7-8,11-12,14-25,27-28,52H,4-6,9-10,13,26H2,1-3H3. The monoisotopic (exact) mass is 724 g/mol. The number of rotatable bonds is 7. The summed E-state index contributed by atoms with van der Waals surface area (Å²) in [5.41, 5.74) is 8.20. The van der Waals surface area contributed by atoms with E-state index in [0.29, 0.717) is 40.4 Å². The molecule has 1 aliphatic heterocycles. The molecule has 1 saturated carbocycles. The number of aromatic nitrogens is 1. The zero-order valence-corrected chi connectivity index (χ0v) is 30.1. The van der Waals surface area contributed by atoms with Crippen LogP contribution in [0.4, 0.5) is 26.3 Å². The molecule has 2 heterocycles. The van der Waals surface area contributed by atoms with Crippen LogP contribution in [0.1, 0.15) is 105 Å². The van der Waals surface area contributed by atoms with Crippen LogP contribution in [0.25, 0.3) is 33.7 Å². The van der Waals surface area contributed by atoms with Crippen LogP contribution in [0.2, 0.25) is 0 Å². The van der Waals surface area contributed by atoms with Gasteiger partial charge in [0.1, 0.15) is 0 Å². The first-order chi connectivity index (χ1) is 25.2. The quantitative estimate of drug-likeness (QED) is 0.162. The second kappa shape index (κ2) is 14.2. The van der Waals surface area contributed by atoms with Crippen molar-refractivity contribution in [2.45, 2.75) is 83.5 Å². The molecule has 0 spiro atoms. The lowest BCUT2D eigenvalue weighted by Crippen LogP contribution is -2.11. The lowest BCUT2D eigenvalue weighted by molar-refractivity contribution is -0.138. The van der Waals surface area contributed by atoms with E-state index in [0.717, 1.165) is 77.2 Å². The minimum Gasteiger partial charge on any atom is -0.354 e. The van der Waals surface area contributed by atoms with E-state index in [9.17, 15) is 26.3 Å². The molecule has 53 heavy (non-hydrogen) atoms. The van der Waals surface area contributed by atoms with E-state index in [1.54, 1.807) is 0 Å². The third-order valence-electron chi connectivity index (χ3n) is 10.7. The molecular formula is C45H42F6N2. The van der Waals surface area contributed by atoms with Gasteiger partial charge in [-0.15, -0.1) is 0 Å². The van der Waals surface area contributed by atoms with E-state index in [1.165, 1.54) is 49.1 Å². The van der Waals surface area contributed by atoms with Crippen molar-refractivity contribution in [3.63, 3.8) is 0 Å². The Bertz CT molecular complexity index is 2130. The van der Waals surface area contributed by atoms with Gasteiger partial charge in [-0.2, -0.15) is 26.3 Å². The van der Waals surface area contributed by atoms with E-state index in [1.807, 2.05) is 18.2 Å². The number of benzene rings is 4. The number of H-pyrrole nitrogens is 1. The average Bonchev–Trinajstić information content (AvgIpc) is 3.75. The average molecular weight is 725 g/mol. The molecular weight excluding hydrogens is 682 g/mol. The number of halogens is 6. The maximum Gasteiger partial charge on any atom is 0.416 e. The topological polar surface area (TPSA) is 28.1 Å². The Balaban J connectivity index is 1.43. The molecule has 1 aliphatic carbocycles. The van der Waals surface area contributed by atoms with Crippen LogP contribution >= 0.6 is 0 Å². The highest BCUT2D eigenvalue weighted by Gasteiger charge is 2.32. The molecule has 7 rings (SSSR count). The summed E-state index contributed by atoms with van der Waals surface area (Å²) in [7, 11) is 0. The van der Waals surface area contributed by atoms with Gasteiger partial charge in [-0.05, 0) is 71.2 Å². The number of allylic oxidation sites excluding steroid dienone is 1. The first kappa shape index (κ1) is 36.5. The molecule has 0 radical (unpaired) electrons. The van der Waals surface area contributed by atoms with Gasteiger partial charge in [-0.3, -0.25) is 0 Å². The molecule has 8 heteroatoms. The second-order valence-corrected chi connectivity index (χ2v) is 15.3. The molecule has 4 aromatic carbocycles. The molecule has 274 valence electrons. The molecule has 0 bridgehead atoms. The first-order valence-electron chi connectivity index (χ1n) is 18.3. The van der Waals surface area contributed by atoms with E-state index in [4.69, 9.17) is 4.99 Å². The minimum absolute atomic E-state index is 0.0155. The first-order valence-corrected chi connectivity index (χ1v) is 18.3. The summed E-state index contributed by atoms with van der Waals surface area (Å²) in [6, 6.07) is 28.4. The van der Waals surface area contributed by atoms with Gasteiger partial charge in [0.2, 0.25) is 0 Å². The summed E-state index contributed by atoms with van der Waals surface area (Å²) >= 11 is 0. The van der Waals surface area contributed by atoms with Crippen molar-refractivity contribution in [2.24, 2.45) is 10.9 Å². The molecule has 0 saturated heterocycles. The van der Waals surface area contributed by atoms with Crippen molar-refractivity contribution < 1.29 is 26.3 Å². The maximum atomic E-state index is 13.6. The zero-order valence-electron chi connectivity index (χ0n) is 30.1. The lowest BCUT2D eigenvalue weighted by Gasteiger charge is -2.22. The van der Waals surface area contributed by atoms with Crippen LogP contribution in [0, 0.1) is 5.92 Å². The number of hydrogen-bond donors (Lipinski definition) is 1. The minimum atomic E-state index is -4.50. The molecule has 1 aromatic heterocycles. The van der Waals surface area contributed by atoms with Crippen LogP contribution in [0.15, 0.2) is 108 Å². The Morgan fingerprint density at radius 3 is 1.72 bits per heavy atom. The highest BCUT2D eigenvalue weighted by molar-refractivity contribution is 6.22. The predicted molar refractivity (Wildman–Crippen MR) is 202 cm³/mol. The third kappa shape index (κ3) is 7.78. The molecule has 2 nitrogen and oxygen atoms in total. The maximum absolute atomic E-state index is 13.6. The number of nitrogens with one attached hydrogen (secondary N) is 1. The van der Waals surface area contributed by atoms with Crippen LogP contribution in [-0.4, -0.2) is 10.7 Å². The summed E-state index contributed by atoms with van der Waals surface area (Å²) in [6.45, 7) is 6.52. The van der Waals surface area contributed by atoms with Crippen LogP contribution < -0.4 is 0 Å². The Morgan fingerprint density at radius 1 is 0.623 bits per heavy atom. The fraction of sp³-hybridized carbons (Fsp3) is 0.311. The molecule has 5 aromatic rings. The summed E-state index contributed by atoms with van der Waals surface area (Å²) < 4.78 is 81.4. The van der Waals surface area contributed by atoms with Crippen molar-refractivity contribution in [2.75, 3.05) is 0 Å². The number of aromatic amines is 1. The van der Waals surface area contributed by atoms with E-state index >= 15 is 0 Å². The fourth-order valence-corrected chi connectivity index (χ4v) is 7.65. The third-order valence-corrected chi connectivity index (χ3v) is 10.7. The van der Waals surface area contributed by atoms with Crippen molar-refractivity contribution in [1.29, 1.82) is 0 Å². The van der Waals surface area contributed by atoms with Crippen molar-refractivity contribution in [3.8, 4) is 22.4 Å². The summed E-state index contributed by atoms with van der Waals surface area (Å²) in [4.78, 5) is 8.91. The van der Waals surface area contributed by atoms with Crippen molar-refractivity contribution in [1.82, 2.24) is 4.98 Å². The van der Waals surface area contributed by atoms with E-state index < -0.39 is 23.5 Å². The van der Waals surface area contributed by atoms with E-state index in [-0.39, 0.29) is 5.41 Å². The normalized spacial score (nSPS) is 16.4. The SMILES string of the molecule is CC(C)(C)c1ccc(C2=NC(=C(CCC3CCCCC3)c3[nH]c(-c4ccc(C(F)(F)F)cc4)cc3-c3ccc(C(F)(F)F)cc3)c3ccccc32)cc1. The summed E-state index contributed by atoms with van der Waals surface area (Å²) in [5.74, 6) is 0.531. The number of nitrogens with zero attached hydrogens (tertiary/aromatic N) is 1. The van der Waals surface area contributed by atoms with Crippen LogP contribution in [-0.2, 0) is 17.8 Å². The largest absolute Gasteiger partial charge is 0.416 e. The lowest BCUT2D eigenvalue weighted by atomic mass is 9.83. The van der Waals surface area contributed by atoms with Gasteiger partial charge in [0.25, 0.3) is 0 Å². The summed E-state index contributed by atoms with van der Waals surface area (Å²) in [6.07, 6.45) is -1.54. The van der Waals surface area contributed by atoms with Gasteiger partial charge < -0.3 is 4.98 Å². The van der Waals surface area contributed by atoms with Crippen molar-refractivity contribution in [3.05, 3.63) is 142 Å². The second-order valence-electron chi connectivity index (χ2n) is 15.3. The van der Waals surface area contributed by atoms with Crippen LogP contribution in [0.3, 0.4) is 0 Å². The number of aliphatic imine (C=N–C) groups is 1. The highest BCUT2D eigenvalue weighted by atomic mass is 19.4.